The number of benzene rings is 2. The van der Waals surface area contributed by atoms with Crippen molar-refractivity contribution < 1.29 is 17.9 Å². The van der Waals surface area contributed by atoms with E-state index in [0.29, 0.717) is 22.3 Å². The highest BCUT2D eigenvalue weighted by Gasteiger charge is 2.30. The van der Waals surface area contributed by atoms with Gasteiger partial charge in [0.15, 0.2) is 0 Å². The van der Waals surface area contributed by atoms with Crippen molar-refractivity contribution in [1.82, 2.24) is 4.98 Å². The first-order chi connectivity index (χ1) is 10.4. The molecule has 2 N–H and O–H groups in total. The SMILES string of the molecule is Nc1cc(Oc2cccc(C(F)(F)F)c2)c2cccnc2c1. The van der Waals surface area contributed by atoms with Crippen molar-refractivity contribution in [2.24, 2.45) is 0 Å². The summed E-state index contributed by atoms with van der Waals surface area (Å²) in [5.74, 6) is 0.452. The van der Waals surface area contributed by atoms with Crippen molar-refractivity contribution in [3.63, 3.8) is 0 Å². The zero-order valence-electron chi connectivity index (χ0n) is 11.3. The van der Waals surface area contributed by atoms with Crippen LogP contribution in [0.3, 0.4) is 0 Å². The predicted octanol–water partition coefficient (Wildman–Crippen LogP) is 4.63. The van der Waals surface area contributed by atoms with Crippen LogP contribution in [0.2, 0.25) is 0 Å². The van der Waals surface area contributed by atoms with Crippen LogP contribution < -0.4 is 10.5 Å². The van der Waals surface area contributed by atoms with Gasteiger partial charge in [-0.2, -0.15) is 13.2 Å². The first-order valence-corrected chi connectivity index (χ1v) is 6.43. The minimum atomic E-state index is -4.42. The van der Waals surface area contributed by atoms with Crippen LogP contribution in [0, 0.1) is 0 Å². The fourth-order valence-electron chi connectivity index (χ4n) is 2.12. The lowest BCUT2D eigenvalue weighted by Gasteiger charge is -2.12. The Labute approximate surface area is 124 Å². The molecule has 6 heteroatoms. The minimum absolute atomic E-state index is 0.0885. The van der Waals surface area contributed by atoms with E-state index >= 15 is 0 Å². The highest BCUT2D eigenvalue weighted by molar-refractivity contribution is 5.88. The van der Waals surface area contributed by atoms with Crippen LogP contribution in [0.4, 0.5) is 18.9 Å². The number of fused-ring (bicyclic) bond motifs is 1. The molecule has 0 aliphatic heterocycles. The first kappa shape index (κ1) is 14.2. The maximum Gasteiger partial charge on any atom is 0.416 e. The quantitative estimate of drug-likeness (QED) is 0.702. The van der Waals surface area contributed by atoms with E-state index in [9.17, 15) is 13.2 Å². The Hall–Kier alpha value is -2.76. The summed E-state index contributed by atoms with van der Waals surface area (Å²) in [6.45, 7) is 0. The average Bonchev–Trinajstić information content (AvgIpc) is 2.46. The van der Waals surface area contributed by atoms with Gasteiger partial charge in [-0.1, -0.05) is 6.07 Å². The topological polar surface area (TPSA) is 48.1 Å². The van der Waals surface area contributed by atoms with Crippen molar-refractivity contribution in [3.8, 4) is 11.5 Å². The smallest absolute Gasteiger partial charge is 0.416 e. The molecule has 0 atom stereocenters. The van der Waals surface area contributed by atoms with Crippen LogP contribution in [0.1, 0.15) is 5.56 Å². The van der Waals surface area contributed by atoms with E-state index < -0.39 is 11.7 Å². The summed E-state index contributed by atoms with van der Waals surface area (Å²) >= 11 is 0. The third-order valence-electron chi connectivity index (χ3n) is 3.09. The molecule has 0 radical (unpaired) electrons. The largest absolute Gasteiger partial charge is 0.457 e. The highest BCUT2D eigenvalue weighted by atomic mass is 19.4. The molecule has 0 saturated heterocycles. The van der Waals surface area contributed by atoms with Crippen LogP contribution in [-0.4, -0.2) is 4.98 Å². The molecule has 3 nitrogen and oxygen atoms in total. The van der Waals surface area contributed by atoms with E-state index in [1.54, 1.807) is 30.5 Å². The summed E-state index contributed by atoms with van der Waals surface area (Å²) in [5, 5.41) is 0.675. The molecule has 2 aromatic carbocycles. The molecule has 3 aromatic rings. The number of hydrogen-bond acceptors (Lipinski definition) is 3. The van der Waals surface area contributed by atoms with Gasteiger partial charge in [-0.25, -0.2) is 0 Å². The molecule has 0 unspecified atom stereocenters. The van der Waals surface area contributed by atoms with E-state index in [-0.39, 0.29) is 5.75 Å². The molecule has 0 amide bonds. The van der Waals surface area contributed by atoms with Crippen LogP contribution in [0.15, 0.2) is 54.7 Å². The molecule has 1 aromatic heterocycles. The Morgan fingerprint density at radius 1 is 1.00 bits per heavy atom. The maximum absolute atomic E-state index is 12.7. The maximum atomic E-state index is 12.7. The molecule has 22 heavy (non-hydrogen) atoms. The summed E-state index contributed by atoms with van der Waals surface area (Å²) in [4.78, 5) is 4.16. The molecular weight excluding hydrogens is 293 g/mol. The molecule has 0 fully saturated rings. The van der Waals surface area contributed by atoms with Gasteiger partial charge in [0.05, 0.1) is 11.1 Å². The third kappa shape index (κ3) is 2.81. The predicted molar refractivity (Wildman–Crippen MR) is 77.7 cm³/mol. The molecular formula is C16H11F3N2O. The van der Waals surface area contributed by atoms with Gasteiger partial charge in [0.2, 0.25) is 0 Å². The van der Waals surface area contributed by atoms with Crippen LogP contribution in [-0.2, 0) is 6.18 Å². The third-order valence-corrected chi connectivity index (χ3v) is 3.09. The molecule has 0 bridgehead atoms. The Morgan fingerprint density at radius 2 is 1.82 bits per heavy atom. The number of ether oxygens (including phenoxy) is 1. The Bertz CT molecular complexity index is 831. The number of nitrogen functional groups attached to an aromatic ring is 1. The van der Waals surface area contributed by atoms with Gasteiger partial charge in [-0.3, -0.25) is 4.98 Å². The highest BCUT2D eigenvalue weighted by Crippen LogP contribution is 2.35. The number of alkyl halides is 3. The van der Waals surface area contributed by atoms with Crippen LogP contribution >= 0.6 is 0 Å². The normalized spacial score (nSPS) is 11.6. The minimum Gasteiger partial charge on any atom is -0.457 e. The molecule has 1 heterocycles. The Balaban J connectivity index is 2.04. The number of pyridine rings is 1. The number of nitrogens with two attached hydrogens (primary N) is 1. The standard InChI is InChI=1S/C16H11F3N2O/c17-16(18,19)10-3-1-4-12(7-10)22-15-9-11(20)8-14-13(15)5-2-6-21-14/h1-9H,20H2. The van der Waals surface area contributed by atoms with Crippen molar-refractivity contribution in [3.05, 3.63) is 60.3 Å². The average molecular weight is 304 g/mol. The molecule has 3 rings (SSSR count). The summed E-state index contributed by atoms with van der Waals surface area (Å²) in [6, 6.07) is 11.4. The zero-order chi connectivity index (χ0) is 15.7. The lowest BCUT2D eigenvalue weighted by molar-refractivity contribution is -0.137. The molecule has 0 spiro atoms. The number of rotatable bonds is 2. The lowest BCUT2D eigenvalue weighted by Crippen LogP contribution is -2.04. The van der Waals surface area contributed by atoms with Gasteiger partial charge in [-0.15, -0.1) is 0 Å². The summed E-state index contributed by atoms with van der Waals surface area (Å²) in [5.41, 5.74) is 6.05. The van der Waals surface area contributed by atoms with E-state index in [4.69, 9.17) is 10.5 Å². The van der Waals surface area contributed by atoms with Gasteiger partial charge in [0.1, 0.15) is 11.5 Å². The Kier molecular flexibility index (Phi) is 3.36. The summed E-state index contributed by atoms with van der Waals surface area (Å²) in [6.07, 6.45) is -2.81. The first-order valence-electron chi connectivity index (χ1n) is 6.43. The second-order valence-electron chi connectivity index (χ2n) is 4.72. The summed E-state index contributed by atoms with van der Waals surface area (Å²) < 4.78 is 43.8. The molecule has 0 aliphatic carbocycles. The molecule has 0 aliphatic rings. The number of halogens is 3. The van der Waals surface area contributed by atoms with Crippen LogP contribution in [0.5, 0.6) is 11.5 Å². The van der Waals surface area contributed by atoms with Gasteiger partial charge in [0, 0.05) is 23.3 Å². The van der Waals surface area contributed by atoms with E-state index in [0.717, 1.165) is 12.1 Å². The lowest BCUT2D eigenvalue weighted by atomic mass is 10.1. The summed E-state index contributed by atoms with van der Waals surface area (Å²) in [7, 11) is 0. The van der Waals surface area contributed by atoms with Crippen molar-refractivity contribution in [2.45, 2.75) is 6.18 Å². The van der Waals surface area contributed by atoms with Crippen LogP contribution in [0.25, 0.3) is 10.9 Å². The number of nitrogens with zero attached hydrogens (tertiary/aromatic N) is 1. The number of hydrogen-bond donors (Lipinski definition) is 1. The van der Waals surface area contributed by atoms with E-state index in [2.05, 4.69) is 4.98 Å². The van der Waals surface area contributed by atoms with Gasteiger partial charge in [0.25, 0.3) is 0 Å². The van der Waals surface area contributed by atoms with Crippen molar-refractivity contribution in [2.75, 3.05) is 5.73 Å². The zero-order valence-corrected chi connectivity index (χ0v) is 11.3. The Morgan fingerprint density at radius 3 is 2.59 bits per heavy atom. The fraction of sp³-hybridized carbons (Fsp3) is 0.0625. The van der Waals surface area contributed by atoms with Crippen molar-refractivity contribution in [1.29, 1.82) is 0 Å². The van der Waals surface area contributed by atoms with Gasteiger partial charge >= 0.3 is 6.18 Å². The second-order valence-corrected chi connectivity index (χ2v) is 4.72. The second kappa shape index (κ2) is 5.22. The molecule has 112 valence electrons. The van der Waals surface area contributed by atoms with Gasteiger partial charge in [-0.05, 0) is 36.4 Å². The van der Waals surface area contributed by atoms with E-state index in [1.165, 1.54) is 12.1 Å². The number of anilines is 1. The van der Waals surface area contributed by atoms with Crippen molar-refractivity contribution >= 4 is 16.6 Å². The molecule has 0 saturated carbocycles. The monoisotopic (exact) mass is 304 g/mol. The fourth-order valence-corrected chi connectivity index (χ4v) is 2.12. The van der Waals surface area contributed by atoms with E-state index in [1.807, 2.05) is 0 Å². The number of aromatic nitrogens is 1. The van der Waals surface area contributed by atoms with Gasteiger partial charge < -0.3 is 10.5 Å².